The van der Waals surface area contributed by atoms with Crippen LogP contribution in [0, 0.1) is 5.82 Å². The van der Waals surface area contributed by atoms with Crippen molar-refractivity contribution in [3.05, 3.63) is 64.5 Å². The first-order valence-electron chi connectivity index (χ1n) is 13.0. The molecule has 0 aromatic heterocycles. The molecule has 8 nitrogen and oxygen atoms in total. The highest BCUT2D eigenvalue weighted by molar-refractivity contribution is 6.05. The fourth-order valence-electron chi connectivity index (χ4n) is 4.32. The predicted octanol–water partition coefficient (Wildman–Crippen LogP) is 2.00. The van der Waals surface area contributed by atoms with Crippen LogP contribution in [0.2, 0.25) is 0 Å². The highest BCUT2D eigenvalue weighted by Crippen LogP contribution is 2.34. The van der Waals surface area contributed by atoms with Gasteiger partial charge in [0.2, 0.25) is 11.8 Å². The molecule has 1 atom stereocenters. The van der Waals surface area contributed by atoms with Crippen molar-refractivity contribution in [3.63, 3.8) is 0 Å². The molecule has 5 rings (SSSR count). The first-order chi connectivity index (χ1) is 18.0. The van der Waals surface area contributed by atoms with Gasteiger partial charge in [0.05, 0.1) is 19.8 Å². The molecule has 34 heavy (non-hydrogen) atoms. The molecule has 1 N–H and O–H groups in total. The van der Waals surface area contributed by atoms with Gasteiger partial charge >= 0.3 is 0 Å². The van der Waals surface area contributed by atoms with Crippen molar-refractivity contribution >= 4 is 17.7 Å². The van der Waals surface area contributed by atoms with Crippen molar-refractivity contribution in [1.82, 2.24) is 15.1 Å². The number of nitrogens with zero attached hydrogens (tertiary/aromatic N) is 2. The highest BCUT2D eigenvalue weighted by atomic mass is 19.1. The summed E-state index contributed by atoms with van der Waals surface area (Å²) in [6, 6.07) is 7.83. The van der Waals surface area contributed by atoms with Crippen molar-refractivity contribution in [2.24, 2.45) is 0 Å². The SMILES string of the molecule is [2H]C1([2H])C(=O)NC(=O)C(N2Cc3c(OCc4cccc(CN5CCOCC5)c4F)cccc3C2=O)C1([2H])[2H]. The van der Waals surface area contributed by atoms with Gasteiger partial charge < -0.3 is 14.4 Å². The average molecular weight is 472 g/mol. The van der Waals surface area contributed by atoms with E-state index >= 15 is 4.39 Å². The van der Waals surface area contributed by atoms with Crippen molar-refractivity contribution in [1.29, 1.82) is 0 Å². The molecule has 178 valence electrons. The Morgan fingerprint density at radius 1 is 1.12 bits per heavy atom. The Labute approximate surface area is 202 Å². The summed E-state index contributed by atoms with van der Waals surface area (Å²) in [6.45, 7) is 2.70. The smallest absolute Gasteiger partial charge is 0.255 e. The molecule has 3 amide bonds. The van der Waals surface area contributed by atoms with Crippen LogP contribution in [0.3, 0.4) is 0 Å². The number of morpholine rings is 1. The Bertz CT molecular complexity index is 1300. The maximum absolute atomic E-state index is 15.3. The van der Waals surface area contributed by atoms with E-state index in [1.165, 1.54) is 6.07 Å². The zero-order chi connectivity index (χ0) is 27.2. The van der Waals surface area contributed by atoms with Crippen molar-refractivity contribution in [2.45, 2.75) is 38.5 Å². The fraction of sp³-hybridized carbons (Fsp3) is 0.400. The lowest BCUT2D eigenvalue weighted by molar-refractivity contribution is -0.136. The minimum absolute atomic E-state index is 0.130. The molecule has 0 radical (unpaired) electrons. The maximum Gasteiger partial charge on any atom is 0.255 e. The van der Waals surface area contributed by atoms with Crippen LogP contribution in [0.25, 0.3) is 0 Å². The molecule has 2 fully saturated rings. The molecule has 3 aliphatic rings. The van der Waals surface area contributed by atoms with Crippen LogP contribution in [-0.2, 0) is 34.0 Å². The van der Waals surface area contributed by atoms with E-state index in [2.05, 4.69) is 4.90 Å². The minimum atomic E-state index is -3.04. The van der Waals surface area contributed by atoms with Crippen LogP contribution in [0.15, 0.2) is 36.4 Å². The standard InChI is InChI=1S/C25H26FN3O5/c26-23-16(13-28-9-11-33-12-10-28)3-1-4-17(23)15-34-21-6-2-5-18-19(21)14-29(25(18)32)20-7-8-22(30)27-24(20)31/h1-6,20H,7-15H2,(H,27,30,31)/i7D2,8D2. The molecule has 0 spiro atoms. The van der Waals surface area contributed by atoms with Gasteiger partial charge in [-0.1, -0.05) is 24.3 Å². The van der Waals surface area contributed by atoms with Crippen LogP contribution in [0.4, 0.5) is 4.39 Å². The van der Waals surface area contributed by atoms with Crippen LogP contribution in [0.1, 0.15) is 45.3 Å². The van der Waals surface area contributed by atoms with Crippen molar-refractivity contribution < 1.29 is 33.7 Å². The van der Waals surface area contributed by atoms with Crippen LogP contribution >= 0.6 is 0 Å². The zero-order valence-electron chi connectivity index (χ0n) is 22.3. The number of imide groups is 1. The number of piperidine rings is 1. The third-order valence-electron chi connectivity index (χ3n) is 6.11. The van der Waals surface area contributed by atoms with E-state index < -0.39 is 36.5 Å². The van der Waals surface area contributed by atoms with Gasteiger partial charge in [-0.25, -0.2) is 4.39 Å². The number of benzene rings is 2. The van der Waals surface area contributed by atoms with Gasteiger partial charge in [0.25, 0.3) is 5.91 Å². The minimum Gasteiger partial charge on any atom is -0.488 e. The van der Waals surface area contributed by atoms with Crippen LogP contribution in [-0.4, -0.2) is 59.9 Å². The topological polar surface area (TPSA) is 88.2 Å². The molecule has 1 unspecified atom stereocenters. The Morgan fingerprint density at radius 3 is 2.71 bits per heavy atom. The predicted molar refractivity (Wildman–Crippen MR) is 119 cm³/mol. The Morgan fingerprint density at radius 2 is 1.88 bits per heavy atom. The molecule has 0 saturated carbocycles. The number of hydrogen-bond acceptors (Lipinski definition) is 6. The van der Waals surface area contributed by atoms with E-state index in [-0.39, 0.29) is 30.3 Å². The van der Waals surface area contributed by atoms with E-state index in [4.69, 9.17) is 15.0 Å². The number of fused-ring (bicyclic) bond motifs is 1. The second kappa shape index (κ2) is 9.52. The lowest BCUT2D eigenvalue weighted by Crippen LogP contribution is -2.52. The van der Waals surface area contributed by atoms with Gasteiger partial charge in [-0.2, -0.15) is 0 Å². The molecule has 2 saturated heterocycles. The van der Waals surface area contributed by atoms with E-state index in [0.29, 0.717) is 49.5 Å². The van der Waals surface area contributed by atoms with Gasteiger partial charge in [-0.05, 0) is 18.5 Å². The summed E-state index contributed by atoms with van der Waals surface area (Å²) in [4.78, 5) is 40.7. The van der Waals surface area contributed by atoms with E-state index in [1.807, 2.05) is 5.32 Å². The van der Waals surface area contributed by atoms with Gasteiger partial charge in [-0.15, -0.1) is 0 Å². The molecule has 0 bridgehead atoms. The molecule has 0 aliphatic carbocycles. The number of amides is 3. The molecule has 2 aromatic rings. The Balaban J connectivity index is 1.35. The molecule has 2 aromatic carbocycles. The summed E-state index contributed by atoms with van der Waals surface area (Å²) in [5.74, 6) is -3.32. The molecule has 3 heterocycles. The number of hydrogen-bond donors (Lipinski definition) is 1. The third-order valence-corrected chi connectivity index (χ3v) is 6.11. The van der Waals surface area contributed by atoms with E-state index in [1.54, 1.807) is 30.3 Å². The number of halogens is 1. The number of carbonyl (C=O) groups is 3. The van der Waals surface area contributed by atoms with Gasteiger partial charge in [0.15, 0.2) is 0 Å². The zero-order valence-corrected chi connectivity index (χ0v) is 18.3. The first-order valence-corrected chi connectivity index (χ1v) is 11.0. The maximum atomic E-state index is 15.3. The van der Waals surface area contributed by atoms with Crippen LogP contribution in [0.5, 0.6) is 5.75 Å². The summed E-state index contributed by atoms with van der Waals surface area (Å²) in [7, 11) is 0. The first kappa shape index (κ1) is 18.1. The normalized spacial score (nSPS) is 25.6. The second-order valence-corrected chi connectivity index (χ2v) is 8.27. The number of carbonyl (C=O) groups excluding carboxylic acids is 3. The lowest BCUT2D eigenvalue weighted by Gasteiger charge is -2.29. The second-order valence-electron chi connectivity index (χ2n) is 8.27. The van der Waals surface area contributed by atoms with E-state index in [9.17, 15) is 14.4 Å². The summed E-state index contributed by atoms with van der Waals surface area (Å²) in [5, 5.41) is 1.83. The third kappa shape index (κ3) is 4.41. The lowest BCUT2D eigenvalue weighted by atomic mass is 10.0. The summed E-state index contributed by atoms with van der Waals surface area (Å²) in [6.07, 6.45) is -6.01. The molecule has 9 heteroatoms. The number of rotatable bonds is 6. The van der Waals surface area contributed by atoms with Crippen molar-refractivity contribution in [3.8, 4) is 5.75 Å². The largest absolute Gasteiger partial charge is 0.488 e. The summed E-state index contributed by atoms with van der Waals surface area (Å²) in [5.41, 5.74) is 1.37. The summed E-state index contributed by atoms with van der Waals surface area (Å²) >= 11 is 0. The Kier molecular flexibility index (Phi) is 5.06. The number of ether oxygens (including phenoxy) is 2. The van der Waals surface area contributed by atoms with Crippen molar-refractivity contribution in [2.75, 3.05) is 26.3 Å². The Hall–Kier alpha value is -3.30. The molecule has 3 aliphatic heterocycles. The summed E-state index contributed by atoms with van der Waals surface area (Å²) < 4.78 is 58.7. The molecular formula is C25H26FN3O5. The fourth-order valence-corrected chi connectivity index (χ4v) is 4.32. The quantitative estimate of drug-likeness (QED) is 0.649. The van der Waals surface area contributed by atoms with Gasteiger partial charge in [0.1, 0.15) is 24.2 Å². The highest BCUT2D eigenvalue weighted by Gasteiger charge is 2.40. The van der Waals surface area contributed by atoms with E-state index in [0.717, 1.165) is 4.90 Å². The van der Waals surface area contributed by atoms with Crippen LogP contribution < -0.4 is 10.1 Å². The van der Waals surface area contributed by atoms with Gasteiger partial charge in [0, 0.05) is 53.7 Å². The average Bonchev–Trinajstić information content (AvgIpc) is 3.20. The van der Waals surface area contributed by atoms with Gasteiger partial charge in [-0.3, -0.25) is 24.6 Å². The monoisotopic (exact) mass is 471 g/mol. The number of nitrogens with one attached hydrogen (secondary N) is 1. The molecular weight excluding hydrogens is 441 g/mol.